The van der Waals surface area contributed by atoms with Crippen LogP contribution in [0.25, 0.3) is 34.3 Å². The van der Waals surface area contributed by atoms with E-state index >= 15 is 0 Å². The van der Waals surface area contributed by atoms with Crippen molar-refractivity contribution in [1.29, 1.82) is 5.26 Å². The number of aromatic nitrogens is 2. The van der Waals surface area contributed by atoms with Crippen LogP contribution in [0, 0.1) is 11.3 Å². The molecule has 0 saturated carbocycles. The lowest BCUT2D eigenvalue weighted by Crippen LogP contribution is -2.30. The molecule has 0 radical (unpaired) electrons. The van der Waals surface area contributed by atoms with E-state index in [1.807, 2.05) is 31.2 Å². The van der Waals surface area contributed by atoms with Crippen molar-refractivity contribution in [3.8, 4) is 17.3 Å². The Morgan fingerprint density at radius 3 is 2.87 bits per heavy atom. The van der Waals surface area contributed by atoms with Crippen molar-refractivity contribution in [1.82, 2.24) is 14.9 Å². The lowest BCUT2D eigenvalue weighted by atomic mass is 9.92. The van der Waals surface area contributed by atoms with Gasteiger partial charge in [0, 0.05) is 40.8 Å². The second-order valence-corrected chi connectivity index (χ2v) is 10.1. The van der Waals surface area contributed by atoms with Crippen molar-refractivity contribution in [2.75, 3.05) is 13.2 Å². The Hall–Kier alpha value is -4.47. The molecule has 5 rings (SSSR count). The van der Waals surface area contributed by atoms with Crippen LogP contribution in [-0.4, -0.2) is 28.6 Å². The maximum Gasteiger partial charge on any atom is 0.251 e. The summed E-state index contributed by atoms with van der Waals surface area (Å²) in [4.78, 5) is 17.9. The summed E-state index contributed by atoms with van der Waals surface area (Å²) in [6.45, 7) is 11.6. The average molecular weight is 517 g/mol. The van der Waals surface area contributed by atoms with E-state index in [2.05, 4.69) is 72.9 Å². The fourth-order valence-corrected chi connectivity index (χ4v) is 5.07. The maximum absolute atomic E-state index is 12.9. The summed E-state index contributed by atoms with van der Waals surface area (Å²) < 4.78 is 7.74. The number of carbonyl (C=O) groups excluding carboxylic acids is 1. The van der Waals surface area contributed by atoms with Gasteiger partial charge in [-0.1, -0.05) is 36.9 Å². The number of ether oxygens (including phenoxy) is 1. The number of pyridine rings is 1. The van der Waals surface area contributed by atoms with Crippen molar-refractivity contribution in [3.63, 3.8) is 0 Å². The lowest BCUT2D eigenvalue weighted by Gasteiger charge is -2.21. The van der Waals surface area contributed by atoms with Gasteiger partial charge in [-0.2, -0.15) is 5.26 Å². The Labute approximate surface area is 228 Å². The zero-order valence-electron chi connectivity index (χ0n) is 22.6. The third kappa shape index (κ3) is 5.27. The molecule has 39 heavy (non-hydrogen) atoms. The molecule has 0 fully saturated rings. The first kappa shape index (κ1) is 26.1. The minimum absolute atomic E-state index is 0.208. The Morgan fingerprint density at radius 1 is 1.26 bits per heavy atom. The van der Waals surface area contributed by atoms with Crippen LogP contribution in [0.2, 0.25) is 0 Å². The molecule has 1 unspecified atom stereocenters. The molecule has 3 heterocycles. The fraction of sp³-hybridized carbons (Fsp3) is 0.242. The molecule has 0 aliphatic carbocycles. The van der Waals surface area contributed by atoms with Crippen molar-refractivity contribution in [2.24, 2.45) is 0 Å². The number of rotatable bonds is 6. The van der Waals surface area contributed by atoms with E-state index in [1.54, 1.807) is 12.1 Å². The van der Waals surface area contributed by atoms with Gasteiger partial charge in [0.15, 0.2) is 0 Å². The SMILES string of the molecule is C=C(/C=c1/nc(-c2cccc3c2ccn3C(C)C)cc/c1=C/C)CNC(=O)c1ccc2c(c1)C(C#N)COC2. The quantitative estimate of drug-likeness (QED) is 0.392. The highest BCUT2D eigenvalue weighted by molar-refractivity contribution is 5.95. The number of fused-ring (bicyclic) bond motifs is 2. The van der Waals surface area contributed by atoms with E-state index in [0.717, 1.165) is 38.5 Å². The second kappa shape index (κ2) is 11.1. The van der Waals surface area contributed by atoms with Gasteiger partial charge in [-0.25, -0.2) is 4.98 Å². The Balaban J connectivity index is 1.38. The zero-order chi connectivity index (χ0) is 27.5. The molecule has 6 nitrogen and oxygen atoms in total. The Bertz CT molecular complexity index is 1740. The van der Waals surface area contributed by atoms with Crippen LogP contribution in [0.1, 0.15) is 54.2 Å². The monoisotopic (exact) mass is 516 g/mol. The normalized spacial score (nSPS) is 15.8. The maximum atomic E-state index is 12.9. The highest BCUT2D eigenvalue weighted by Gasteiger charge is 2.22. The Kier molecular flexibility index (Phi) is 7.44. The summed E-state index contributed by atoms with van der Waals surface area (Å²) in [7, 11) is 0. The number of hydrogen-bond donors (Lipinski definition) is 1. The number of nitrogens with zero attached hydrogens (tertiary/aromatic N) is 3. The molecule has 4 aromatic rings. The van der Waals surface area contributed by atoms with Crippen LogP contribution in [0.3, 0.4) is 0 Å². The predicted molar refractivity (Wildman–Crippen MR) is 155 cm³/mol. The first-order valence-electron chi connectivity index (χ1n) is 13.2. The van der Waals surface area contributed by atoms with Crippen molar-refractivity contribution < 1.29 is 9.53 Å². The van der Waals surface area contributed by atoms with E-state index < -0.39 is 0 Å². The largest absolute Gasteiger partial charge is 0.375 e. The number of nitriles is 1. The molecule has 2 aromatic carbocycles. The van der Waals surface area contributed by atoms with E-state index in [0.29, 0.717) is 24.8 Å². The average Bonchev–Trinajstić information content (AvgIpc) is 3.40. The first-order chi connectivity index (χ1) is 18.9. The lowest BCUT2D eigenvalue weighted by molar-refractivity contribution is 0.0952. The fourth-order valence-electron chi connectivity index (χ4n) is 5.07. The van der Waals surface area contributed by atoms with Gasteiger partial charge in [0.1, 0.15) is 0 Å². The summed E-state index contributed by atoms with van der Waals surface area (Å²) in [6, 6.07) is 20.6. The number of benzene rings is 2. The molecule has 0 spiro atoms. The van der Waals surface area contributed by atoms with Gasteiger partial charge in [0.05, 0.1) is 36.2 Å². The molecule has 0 saturated heterocycles. The van der Waals surface area contributed by atoms with Gasteiger partial charge in [-0.05, 0) is 79.1 Å². The minimum atomic E-state index is -0.360. The summed E-state index contributed by atoms with van der Waals surface area (Å²) in [6.07, 6.45) is 6.07. The molecular weight excluding hydrogens is 484 g/mol. The molecule has 1 amide bonds. The van der Waals surface area contributed by atoms with Gasteiger partial charge in [-0.15, -0.1) is 0 Å². The standard InChI is InChI=1S/C33H32N4O2/c1-5-23-11-12-30(27-7-6-8-32-28(27)13-14-37(32)21(2)3)36-31(23)15-22(4)18-35-33(38)24-9-10-25-19-39-20-26(17-34)29(25)16-24/h5-16,21,26H,4,18-20H2,1-3H3,(H,35,38)/b23-5-,31-15+. The number of nitrogens with one attached hydrogen (secondary N) is 1. The summed E-state index contributed by atoms with van der Waals surface area (Å²) in [5.74, 6) is -0.567. The highest BCUT2D eigenvalue weighted by Crippen LogP contribution is 2.29. The number of carbonyl (C=O) groups is 1. The van der Waals surface area contributed by atoms with Crippen LogP contribution in [-0.2, 0) is 11.3 Å². The zero-order valence-corrected chi connectivity index (χ0v) is 22.6. The summed E-state index contributed by atoms with van der Waals surface area (Å²) >= 11 is 0. The van der Waals surface area contributed by atoms with Gasteiger partial charge < -0.3 is 14.6 Å². The van der Waals surface area contributed by atoms with E-state index in [4.69, 9.17) is 9.72 Å². The topological polar surface area (TPSA) is 79.9 Å². The van der Waals surface area contributed by atoms with Crippen LogP contribution < -0.4 is 15.9 Å². The van der Waals surface area contributed by atoms with Crippen LogP contribution in [0.4, 0.5) is 0 Å². The van der Waals surface area contributed by atoms with E-state index in [9.17, 15) is 10.1 Å². The number of hydrogen-bond acceptors (Lipinski definition) is 4. The molecule has 6 heteroatoms. The van der Waals surface area contributed by atoms with Crippen molar-refractivity contribution in [2.45, 2.75) is 39.3 Å². The summed E-state index contributed by atoms with van der Waals surface area (Å²) in [5, 5.41) is 15.4. The number of amides is 1. The minimum Gasteiger partial charge on any atom is -0.375 e. The third-order valence-corrected chi connectivity index (χ3v) is 7.16. The van der Waals surface area contributed by atoms with Crippen molar-refractivity contribution in [3.05, 3.63) is 100 Å². The smallest absolute Gasteiger partial charge is 0.251 e. The molecular formula is C33H32N4O2. The molecule has 1 atom stereocenters. The molecule has 1 N–H and O–H groups in total. The molecule has 0 bridgehead atoms. The molecule has 1 aliphatic heterocycles. The van der Waals surface area contributed by atoms with Gasteiger partial charge in [0.25, 0.3) is 5.91 Å². The first-order valence-corrected chi connectivity index (χ1v) is 13.2. The van der Waals surface area contributed by atoms with E-state index in [1.165, 1.54) is 10.9 Å². The van der Waals surface area contributed by atoms with Crippen LogP contribution in [0.15, 0.2) is 72.9 Å². The van der Waals surface area contributed by atoms with Crippen LogP contribution in [0.5, 0.6) is 0 Å². The van der Waals surface area contributed by atoms with Gasteiger partial charge >= 0.3 is 0 Å². The molecule has 1 aliphatic rings. The van der Waals surface area contributed by atoms with Gasteiger partial charge in [-0.3, -0.25) is 4.79 Å². The predicted octanol–water partition coefficient (Wildman–Crippen LogP) is 4.99. The highest BCUT2D eigenvalue weighted by atomic mass is 16.5. The molecule has 2 aromatic heterocycles. The van der Waals surface area contributed by atoms with E-state index in [-0.39, 0.29) is 18.4 Å². The summed E-state index contributed by atoms with van der Waals surface area (Å²) in [5.41, 5.74) is 6.23. The van der Waals surface area contributed by atoms with Gasteiger partial charge in [0.2, 0.25) is 0 Å². The third-order valence-electron chi connectivity index (χ3n) is 7.16. The van der Waals surface area contributed by atoms with Crippen molar-refractivity contribution >= 4 is 29.0 Å². The second-order valence-electron chi connectivity index (χ2n) is 10.1. The Morgan fingerprint density at radius 2 is 2.10 bits per heavy atom. The molecule has 196 valence electrons. The van der Waals surface area contributed by atoms with Crippen LogP contribution >= 0.6 is 0 Å².